The van der Waals surface area contributed by atoms with Gasteiger partial charge in [-0.2, -0.15) is 16.4 Å². The molecule has 1 saturated heterocycles. The second kappa shape index (κ2) is 10.0. The summed E-state index contributed by atoms with van der Waals surface area (Å²) in [5.74, 6) is -0.145. The summed E-state index contributed by atoms with van der Waals surface area (Å²) in [6.07, 6.45) is 9.53. The van der Waals surface area contributed by atoms with Gasteiger partial charge < -0.3 is 0 Å². The van der Waals surface area contributed by atoms with Crippen LogP contribution in [0.5, 0.6) is 0 Å². The number of hydrogen-bond donors (Lipinski definition) is 1. The Labute approximate surface area is 208 Å². The van der Waals surface area contributed by atoms with Crippen LogP contribution in [0, 0.1) is 0 Å². The van der Waals surface area contributed by atoms with Gasteiger partial charge in [-0.15, -0.1) is 0 Å². The van der Waals surface area contributed by atoms with E-state index in [-0.39, 0.29) is 5.91 Å². The first-order chi connectivity index (χ1) is 16.1. The van der Waals surface area contributed by atoms with Crippen molar-refractivity contribution in [2.45, 2.75) is 44.9 Å². The van der Waals surface area contributed by atoms with Crippen LogP contribution in [0.2, 0.25) is 10.0 Å². The highest BCUT2D eigenvalue weighted by atomic mass is 35.5. The Balaban J connectivity index is 1.59. The zero-order valence-corrected chi connectivity index (χ0v) is 20.6. The molecule has 3 heterocycles. The van der Waals surface area contributed by atoms with Gasteiger partial charge in [0.1, 0.15) is 0 Å². The number of thiophene rings is 1. The minimum Gasteiger partial charge on any atom is -0.283 e. The lowest BCUT2D eigenvalue weighted by atomic mass is 9.90. The maximum absolute atomic E-state index is 13.4. The van der Waals surface area contributed by atoms with Crippen molar-refractivity contribution < 1.29 is 4.79 Å². The molecule has 8 heteroatoms. The second-order valence-electron chi connectivity index (χ2n) is 8.61. The van der Waals surface area contributed by atoms with Gasteiger partial charge in [0.2, 0.25) is 0 Å². The number of benzene rings is 1. The summed E-state index contributed by atoms with van der Waals surface area (Å²) in [4.78, 5) is 13.4. The maximum atomic E-state index is 13.4. The van der Waals surface area contributed by atoms with Crippen LogP contribution < -0.4 is 5.43 Å². The minimum absolute atomic E-state index is 0.145. The van der Waals surface area contributed by atoms with Crippen molar-refractivity contribution >= 4 is 52.1 Å². The number of fused-ring (bicyclic) bond motifs is 1. The van der Waals surface area contributed by atoms with E-state index in [1.807, 2.05) is 15.8 Å². The molecular weight excluding hydrogens is 475 g/mol. The van der Waals surface area contributed by atoms with E-state index in [4.69, 9.17) is 28.3 Å². The summed E-state index contributed by atoms with van der Waals surface area (Å²) in [5, 5.41) is 12.2. The lowest BCUT2D eigenvalue weighted by Crippen LogP contribution is -2.43. The van der Waals surface area contributed by atoms with Crippen LogP contribution in [0.4, 0.5) is 0 Å². The average Bonchev–Trinajstić information content (AvgIpc) is 3.37. The molecule has 2 aromatic heterocycles. The van der Waals surface area contributed by atoms with Crippen LogP contribution in [0.1, 0.15) is 65.8 Å². The minimum atomic E-state index is -0.145. The summed E-state index contributed by atoms with van der Waals surface area (Å²) in [6.45, 7) is 1.75. The summed E-state index contributed by atoms with van der Waals surface area (Å²) in [5.41, 5.74) is 8.62. The average molecular weight is 501 g/mol. The molecule has 0 spiro atoms. The molecule has 2 aliphatic rings. The molecule has 1 N–H and O–H groups in total. The predicted octanol–water partition coefficient (Wildman–Crippen LogP) is 6.64. The number of carbonyl (C=O) groups is 1. The highest BCUT2D eigenvalue weighted by Crippen LogP contribution is 2.37. The van der Waals surface area contributed by atoms with Gasteiger partial charge in [0, 0.05) is 23.7 Å². The Morgan fingerprint density at radius 1 is 1.06 bits per heavy atom. The van der Waals surface area contributed by atoms with Gasteiger partial charge in [0.25, 0.3) is 5.91 Å². The van der Waals surface area contributed by atoms with Crippen LogP contribution in [-0.4, -0.2) is 33.8 Å². The van der Waals surface area contributed by atoms with Crippen molar-refractivity contribution in [3.05, 3.63) is 67.6 Å². The maximum Gasteiger partial charge on any atom is 0.286 e. The van der Waals surface area contributed by atoms with Crippen molar-refractivity contribution in [1.29, 1.82) is 0 Å². The van der Waals surface area contributed by atoms with Crippen LogP contribution >= 0.6 is 34.5 Å². The van der Waals surface area contributed by atoms with Crippen LogP contribution in [-0.2, 0) is 6.42 Å². The molecule has 33 heavy (non-hydrogen) atoms. The van der Waals surface area contributed by atoms with Crippen LogP contribution in [0.25, 0.3) is 17.3 Å². The van der Waals surface area contributed by atoms with Crippen LogP contribution in [0.15, 0.2) is 35.0 Å². The molecule has 0 bridgehead atoms. The molecule has 1 fully saturated rings. The van der Waals surface area contributed by atoms with Gasteiger partial charge in [-0.1, -0.05) is 36.0 Å². The number of halogens is 2. The Morgan fingerprint density at radius 3 is 2.61 bits per heavy atom. The Hall–Kier alpha value is -2.12. The summed E-state index contributed by atoms with van der Waals surface area (Å²) >= 11 is 14.4. The lowest BCUT2D eigenvalue weighted by molar-refractivity contribution is 0.0787. The van der Waals surface area contributed by atoms with Gasteiger partial charge in [0.05, 0.1) is 16.4 Å². The first kappa shape index (κ1) is 22.7. The Kier molecular flexibility index (Phi) is 6.88. The van der Waals surface area contributed by atoms with Gasteiger partial charge in [-0.3, -0.25) is 10.2 Å². The highest BCUT2D eigenvalue weighted by molar-refractivity contribution is 7.08. The topological polar surface area (TPSA) is 50.2 Å². The smallest absolute Gasteiger partial charge is 0.283 e. The first-order valence-electron chi connectivity index (χ1n) is 11.5. The Morgan fingerprint density at radius 2 is 1.88 bits per heavy atom. The lowest BCUT2D eigenvalue weighted by Gasteiger charge is -2.21. The summed E-state index contributed by atoms with van der Waals surface area (Å²) < 4.78 is 1.84. The number of carbonyl (C=O) groups excluding carboxylic acids is 1. The highest BCUT2D eigenvalue weighted by Gasteiger charge is 2.30. The fourth-order valence-electron chi connectivity index (χ4n) is 4.68. The zero-order valence-electron chi connectivity index (χ0n) is 18.3. The van der Waals surface area contributed by atoms with E-state index in [1.54, 1.807) is 23.5 Å². The van der Waals surface area contributed by atoms with Crippen molar-refractivity contribution in [3.63, 3.8) is 0 Å². The zero-order chi connectivity index (χ0) is 22.8. The molecule has 5 nitrogen and oxygen atoms in total. The third kappa shape index (κ3) is 4.90. The van der Waals surface area contributed by atoms with Gasteiger partial charge in [0.15, 0.2) is 5.69 Å². The number of aromatic nitrogens is 2. The number of hydrogen-bond acceptors (Lipinski definition) is 4. The molecule has 1 amide bonds. The molecule has 5 rings (SSSR count). The van der Waals surface area contributed by atoms with Gasteiger partial charge in [-0.25, -0.2) is 9.69 Å². The molecule has 0 atom stereocenters. The number of allylic oxidation sites excluding steroid dienone is 1. The van der Waals surface area contributed by atoms with E-state index < -0.39 is 0 Å². The normalized spacial score (nSPS) is 18.2. The molecule has 1 aliphatic heterocycles. The van der Waals surface area contributed by atoms with E-state index in [1.165, 1.54) is 18.4 Å². The molecule has 1 aliphatic carbocycles. The SMILES string of the molecule is O=C(NN1CCCCCC1)c1nn(-c2ccc(Cl)cc2Cl)c2c1CCCC2=Cc1ccsc1. The molecular formula is C25H26Cl2N4OS. The number of rotatable bonds is 4. The number of nitrogens with zero attached hydrogens (tertiary/aromatic N) is 3. The van der Waals surface area contributed by atoms with E-state index in [0.29, 0.717) is 15.7 Å². The van der Waals surface area contributed by atoms with E-state index in [9.17, 15) is 4.79 Å². The molecule has 3 aromatic rings. The third-order valence-corrected chi connectivity index (χ3v) is 7.50. The van der Waals surface area contributed by atoms with E-state index in [0.717, 1.165) is 67.7 Å². The molecule has 0 saturated carbocycles. The van der Waals surface area contributed by atoms with Gasteiger partial charge in [-0.05, 0) is 84.3 Å². The van der Waals surface area contributed by atoms with Crippen molar-refractivity contribution in [1.82, 2.24) is 20.2 Å². The van der Waals surface area contributed by atoms with E-state index >= 15 is 0 Å². The second-order valence-corrected chi connectivity index (χ2v) is 10.2. The fraction of sp³-hybridized carbons (Fsp3) is 0.360. The van der Waals surface area contributed by atoms with Crippen molar-refractivity contribution in [2.24, 2.45) is 0 Å². The number of nitrogens with one attached hydrogen (secondary N) is 1. The number of hydrazine groups is 1. The van der Waals surface area contributed by atoms with E-state index in [2.05, 4.69) is 28.3 Å². The fourth-order valence-corrected chi connectivity index (χ4v) is 5.79. The third-order valence-electron chi connectivity index (χ3n) is 6.26. The van der Waals surface area contributed by atoms with Crippen LogP contribution in [0.3, 0.4) is 0 Å². The van der Waals surface area contributed by atoms with Crippen molar-refractivity contribution in [2.75, 3.05) is 13.1 Å². The molecule has 0 radical (unpaired) electrons. The number of amides is 1. The largest absolute Gasteiger partial charge is 0.286 e. The Bertz CT molecular complexity index is 1180. The first-order valence-corrected chi connectivity index (χ1v) is 13.2. The summed E-state index contributed by atoms with van der Waals surface area (Å²) in [7, 11) is 0. The molecule has 172 valence electrons. The quantitative estimate of drug-likeness (QED) is 0.436. The molecule has 1 aromatic carbocycles. The monoisotopic (exact) mass is 500 g/mol. The van der Waals surface area contributed by atoms with Crippen molar-refractivity contribution in [3.8, 4) is 5.69 Å². The predicted molar refractivity (Wildman–Crippen MR) is 136 cm³/mol. The summed E-state index contributed by atoms with van der Waals surface area (Å²) in [6, 6.07) is 7.49. The van der Waals surface area contributed by atoms with Gasteiger partial charge >= 0.3 is 0 Å². The molecule has 0 unspecified atom stereocenters. The standard InChI is InChI=1S/C25H26Cl2N4OS/c26-19-8-9-22(21(27)15-19)31-24-18(14-17-10-13-33-16-17)6-5-7-20(24)23(28-31)25(32)29-30-11-3-1-2-4-12-30/h8-10,13-16H,1-7,11-12H2,(H,29,32).